The van der Waals surface area contributed by atoms with Crippen molar-refractivity contribution in [1.82, 2.24) is 0 Å². The average Bonchev–Trinajstić information content (AvgIpc) is 1.65. The second-order valence-corrected chi connectivity index (χ2v) is 2.92. The molecule has 0 spiro atoms. The van der Waals surface area contributed by atoms with Gasteiger partial charge >= 0.3 is 23.1 Å². The van der Waals surface area contributed by atoms with E-state index < -0.39 is 0 Å². The van der Waals surface area contributed by atoms with Crippen LogP contribution in [0.3, 0.4) is 0 Å². The summed E-state index contributed by atoms with van der Waals surface area (Å²) in [6, 6.07) is 0. The van der Waals surface area contributed by atoms with Crippen LogP contribution in [0, 0.1) is 11.8 Å². The summed E-state index contributed by atoms with van der Waals surface area (Å²) in [6.45, 7) is 6.75. The lowest BCUT2D eigenvalue weighted by molar-refractivity contribution is 0.218. The number of hydrogen-bond donors (Lipinski definition) is 1. The van der Waals surface area contributed by atoms with E-state index in [9.17, 15) is 0 Å². The lowest BCUT2D eigenvalue weighted by Crippen LogP contribution is -2.03. The van der Waals surface area contributed by atoms with Gasteiger partial charge in [-0.05, 0) is 18.3 Å². The third kappa shape index (κ3) is 8.73. The molecule has 0 aromatic carbocycles. The quantitative estimate of drug-likeness (QED) is 0.577. The topological polar surface area (TPSA) is 20.2 Å². The fourth-order valence-electron chi connectivity index (χ4n) is 0.879. The maximum atomic E-state index is 8.58. The fourth-order valence-corrected chi connectivity index (χ4v) is 0.879. The zero-order valence-electron chi connectivity index (χ0n) is 6.02. The van der Waals surface area contributed by atoms with Crippen LogP contribution >= 0.6 is 0 Å². The SMILES string of the molecule is CC(C)CC(C)CO.[MgH2]. The summed E-state index contributed by atoms with van der Waals surface area (Å²) in [7, 11) is 0. The Balaban J connectivity index is 0. The molecule has 0 saturated heterocycles. The van der Waals surface area contributed by atoms with Crippen LogP contribution in [0.5, 0.6) is 0 Å². The van der Waals surface area contributed by atoms with Crippen molar-refractivity contribution >= 4 is 23.1 Å². The van der Waals surface area contributed by atoms with Gasteiger partial charge in [-0.15, -0.1) is 0 Å². The van der Waals surface area contributed by atoms with Gasteiger partial charge in [0.05, 0.1) is 0 Å². The van der Waals surface area contributed by atoms with Gasteiger partial charge in [0.15, 0.2) is 0 Å². The summed E-state index contributed by atoms with van der Waals surface area (Å²) < 4.78 is 0. The van der Waals surface area contributed by atoms with Crippen molar-refractivity contribution in [3.05, 3.63) is 0 Å². The van der Waals surface area contributed by atoms with E-state index in [4.69, 9.17) is 5.11 Å². The van der Waals surface area contributed by atoms with Crippen molar-refractivity contribution in [2.75, 3.05) is 6.61 Å². The molecule has 0 heterocycles. The van der Waals surface area contributed by atoms with E-state index in [1.807, 2.05) is 0 Å². The molecule has 0 radical (unpaired) electrons. The first-order valence-corrected chi connectivity index (χ1v) is 3.27. The smallest absolute Gasteiger partial charge is 0.316 e. The first kappa shape index (κ1) is 12.4. The molecule has 0 aliphatic carbocycles. The molecule has 0 amide bonds. The number of aliphatic hydroxyl groups is 1. The summed E-state index contributed by atoms with van der Waals surface area (Å²) in [6.07, 6.45) is 1.14. The minimum absolute atomic E-state index is 0. The highest BCUT2D eigenvalue weighted by atomic mass is 24.3. The zero-order chi connectivity index (χ0) is 6.57. The highest BCUT2D eigenvalue weighted by molar-refractivity contribution is 5.75. The van der Waals surface area contributed by atoms with E-state index >= 15 is 0 Å². The molecule has 0 aliphatic heterocycles. The summed E-state index contributed by atoms with van der Waals surface area (Å²) in [5.74, 6) is 1.20. The summed E-state index contributed by atoms with van der Waals surface area (Å²) >= 11 is 0. The van der Waals surface area contributed by atoms with Gasteiger partial charge < -0.3 is 5.11 Å². The lowest BCUT2D eigenvalue weighted by atomic mass is 10.0. The molecule has 1 nitrogen and oxygen atoms in total. The molecule has 0 aromatic rings. The van der Waals surface area contributed by atoms with Crippen LogP contribution in [0.25, 0.3) is 0 Å². The Hall–Kier alpha value is 0.726. The minimum Gasteiger partial charge on any atom is -0.396 e. The molecular formula is C7H18MgO. The molecule has 54 valence electrons. The van der Waals surface area contributed by atoms with Gasteiger partial charge in [-0.3, -0.25) is 0 Å². The van der Waals surface area contributed by atoms with E-state index in [1.54, 1.807) is 0 Å². The molecule has 2 heteroatoms. The van der Waals surface area contributed by atoms with Gasteiger partial charge in [0.25, 0.3) is 0 Å². The van der Waals surface area contributed by atoms with Gasteiger partial charge in [-0.25, -0.2) is 0 Å². The van der Waals surface area contributed by atoms with Crippen molar-refractivity contribution in [3.63, 3.8) is 0 Å². The maximum Gasteiger partial charge on any atom is 0.316 e. The van der Waals surface area contributed by atoms with Crippen LogP contribution in [0.4, 0.5) is 0 Å². The second-order valence-electron chi connectivity index (χ2n) is 2.92. The van der Waals surface area contributed by atoms with E-state index in [1.165, 1.54) is 0 Å². The van der Waals surface area contributed by atoms with Gasteiger partial charge in [0.2, 0.25) is 0 Å². The van der Waals surface area contributed by atoms with Crippen molar-refractivity contribution in [1.29, 1.82) is 0 Å². The summed E-state index contributed by atoms with van der Waals surface area (Å²) in [4.78, 5) is 0. The van der Waals surface area contributed by atoms with Crippen LogP contribution in [0.2, 0.25) is 0 Å². The molecule has 0 saturated carbocycles. The Morgan fingerprint density at radius 2 is 1.67 bits per heavy atom. The van der Waals surface area contributed by atoms with Gasteiger partial charge in [-0.1, -0.05) is 20.8 Å². The maximum absolute atomic E-state index is 8.58. The van der Waals surface area contributed by atoms with Crippen molar-refractivity contribution in [3.8, 4) is 0 Å². The molecular weight excluding hydrogens is 124 g/mol. The molecule has 0 rings (SSSR count). The predicted molar refractivity (Wildman–Crippen MR) is 44.2 cm³/mol. The van der Waals surface area contributed by atoms with Crippen LogP contribution in [-0.4, -0.2) is 34.8 Å². The zero-order valence-corrected chi connectivity index (χ0v) is 6.02. The van der Waals surface area contributed by atoms with Gasteiger partial charge in [0.1, 0.15) is 0 Å². The normalized spacial score (nSPS) is 13.0. The van der Waals surface area contributed by atoms with E-state index in [0.29, 0.717) is 12.5 Å². The van der Waals surface area contributed by atoms with Crippen molar-refractivity contribution in [2.24, 2.45) is 11.8 Å². The van der Waals surface area contributed by atoms with Crippen LogP contribution in [0.15, 0.2) is 0 Å². The molecule has 0 aromatic heterocycles. The summed E-state index contributed by atoms with van der Waals surface area (Å²) in [5, 5.41) is 8.58. The summed E-state index contributed by atoms with van der Waals surface area (Å²) in [5.41, 5.74) is 0. The van der Waals surface area contributed by atoms with Gasteiger partial charge in [0, 0.05) is 6.61 Å². The number of rotatable bonds is 3. The van der Waals surface area contributed by atoms with Crippen molar-refractivity contribution in [2.45, 2.75) is 27.2 Å². The third-order valence-corrected chi connectivity index (χ3v) is 1.19. The molecule has 0 fully saturated rings. The molecule has 0 bridgehead atoms. The Bertz CT molecular complexity index is 54.9. The van der Waals surface area contributed by atoms with Crippen molar-refractivity contribution < 1.29 is 5.11 Å². The average molecular weight is 143 g/mol. The molecule has 1 N–H and O–H groups in total. The fraction of sp³-hybridized carbons (Fsp3) is 1.00. The largest absolute Gasteiger partial charge is 0.396 e. The Kier molecular flexibility index (Phi) is 9.43. The Morgan fingerprint density at radius 3 is 1.78 bits per heavy atom. The first-order chi connectivity index (χ1) is 3.66. The lowest BCUT2D eigenvalue weighted by Gasteiger charge is -2.08. The van der Waals surface area contributed by atoms with E-state index in [0.717, 1.165) is 12.3 Å². The Morgan fingerprint density at radius 1 is 1.22 bits per heavy atom. The number of hydrogen-bond acceptors (Lipinski definition) is 1. The molecule has 0 aliphatic rings. The van der Waals surface area contributed by atoms with E-state index in [-0.39, 0.29) is 23.1 Å². The molecule has 1 atom stereocenters. The highest BCUT2D eigenvalue weighted by Crippen LogP contribution is 2.08. The van der Waals surface area contributed by atoms with Crippen LogP contribution < -0.4 is 0 Å². The van der Waals surface area contributed by atoms with Gasteiger partial charge in [-0.2, -0.15) is 0 Å². The standard InChI is InChI=1S/C7H16O.Mg.2H/c1-6(2)4-7(3)5-8;;;/h6-8H,4-5H2,1-3H3;;;. The first-order valence-electron chi connectivity index (χ1n) is 3.27. The van der Waals surface area contributed by atoms with E-state index in [2.05, 4.69) is 20.8 Å². The molecule has 1 unspecified atom stereocenters. The van der Waals surface area contributed by atoms with Crippen LogP contribution in [0.1, 0.15) is 27.2 Å². The molecule has 9 heavy (non-hydrogen) atoms. The predicted octanol–water partition coefficient (Wildman–Crippen LogP) is 0.745. The number of aliphatic hydroxyl groups excluding tert-OH is 1. The highest BCUT2D eigenvalue weighted by Gasteiger charge is 2.01. The Labute approximate surface area is 74.0 Å². The third-order valence-electron chi connectivity index (χ3n) is 1.19. The van der Waals surface area contributed by atoms with Crippen LogP contribution in [-0.2, 0) is 0 Å². The minimum atomic E-state index is 0. The second kappa shape index (κ2) is 6.84. The monoisotopic (exact) mass is 142 g/mol.